The van der Waals surface area contributed by atoms with Gasteiger partial charge in [0.2, 0.25) is 5.88 Å². The zero-order chi connectivity index (χ0) is 14.4. The molecule has 0 bridgehead atoms. The van der Waals surface area contributed by atoms with E-state index in [1.807, 2.05) is 13.8 Å². The van der Waals surface area contributed by atoms with Crippen molar-refractivity contribution >= 4 is 0 Å². The number of aromatic amines is 1. The van der Waals surface area contributed by atoms with Crippen molar-refractivity contribution in [3.63, 3.8) is 0 Å². The lowest BCUT2D eigenvalue weighted by Crippen LogP contribution is -2.34. The highest BCUT2D eigenvalue weighted by Crippen LogP contribution is 2.44. The molecule has 1 aliphatic rings. The lowest BCUT2D eigenvalue weighted by atomic mass is 9.92. The number of hydrogen-bond acceptors (Lipinski definition) is 3. The maximum atomic E-state index is 12.0. The van der Waals surface area contributed by atoms with Crippen molar-refractivity contribution in [3.05, 3.63) is 26.4 Å². The molecule has 5 heteroatoms. The average molecular weight is 266 g/mol. The van der Waals surface area contributed by atoms with E-state index in [0.29, 0.717) is 5.56 Å². The van der Waals surface area contributed by atoms with Crippen molar-refractivity contribution in [1.29, 1.82) is 0 Å². The van der Waals surface area contributed by atoms with Crippen LogP contribution >= 0.6 is 0 Å². The fraction of sp³-hybridized carbons (Fsp3) is 0.714. The predicted molar refractivity (Wildman–Crippen MR) is 73.7 cm³/mol. The molecule has 1 atom stereocenters. The molecular weight excluding hydrogens is 244 g/mol. The molecule has 0 aromatic carbocycles. The van der Waals surface area contributed by atoms with Gasteiger partial charge in [-0.2, -0.15) is 0 Å². The maximum absolute atomic E-state index is 12.0. The molecule has 0 saturated heterocycles. The lowest BCUT2D eigenvalue weighted by molar-refractivity contribution is 0.323. The van der Waals surface area contributed by atoms with E-state index in [-0.39, 0.29) is 23.3 Å². The minimum Gasteiger partial charge on any atom is -0.494 e. The van der Waals surface area contributed by atoms with Gasteiger partial charge in [-0.15, -0.1) is 0 Å². The quantitative estimate of drug-likeness (QED) is 0.861. The molecule has 0 radical (unpaired) electrons. The maximum Gasteiger partial charge on any atom is 0.331 e. The van der Waals surface area contributed by atoms with E-state index >= 15 is 0 Å². The van der Waals surface area contributed by atoms with Crippen LogP contribution in [0.1, 0.15) is 64.5 Å². The number of hydrogen-bond donors (Lipinski definition) is 2. The van der Waals surface area contributed by atoms with Gasteiger partial charge in [-0.1, -0.05) is 27.7 Å². The summed E-state index contributed by atoms with van der Waals surface area (Å²) >= 11 is 0. The van der Waals surface area contributed by atoms with Crippen LogP contribution in [0.3, 0.4) is 0 Å². The van der Waals surface area contributed by atoms with E-state index in [1.54, 1.807) is 0 Å². The largest absolute Gasteiger partial charge is 0.494 e. The van der Waals surface area contributed by atoms with E-state index in [9.17, 15) is 14.7 Å². The second-order valence-corrected chi connectivity index (χ2v) is 6.58. The third kappa shape index (κ3) is 2.46. The highest BCUT2D eigenvalue weighted by Gasteiger charge is 2.34. The Morgan fingerprint density at radius 2 is 2.00 bits per heavy atom. The first-order valence-corrected chi connectivity index (χ1v) is 6.80. The fourth-order valence-corrected chi connectivity index (χ4v) is 3.03. The molecule has 1 unspecified atom stereocenters. The second kappa shape index (κ2) is 4.54. The van der Waals surface area contributed by atoms with Gasteiger partial charge in [0.25, 0.3) is 5.56 Å². The summed E-state index contributed by atoms with van der Waals surface area (Å²) < 4.78 is 1.37. The van der Waals surface area contributed by atoms with Crippen LogP contribution < -0.4 is 11.2 Å². The summed E-state index contributed by atoms with van der Waals surface area (Å²) in [4.78, 5) is 26.1. The number of nitrogens with zero attached hydrogens (tertiary/aromatic N) is 1. The summed E-state index contributed by atoms with van der Waals surface area (Å²) in [6.07, 6.45) is 2.70. The highest BCUT2D eigenvalue weighted by atomic mass is 16.3. The first kappa shape index (κ1) is 13.9. The smallest absolute Gasteiger partial charge is 0.331 e. The number of nitrogens with one attached hydrogen (secondary N) is 1. The standard InChI is InChI=1S/C14H22N2O3/c1-8(2)10-11(17)15-13(19)16(12(10)18)9-5-6-14(3,4)7-9/h8-9,18H,5-7H2,1-4H3,(H,15,17,19). The molecule has 106 valence electrons. The van der Waals surface area contributed by atoms with Crippen LogP contribution in [0, 0.1) is 5.41 Å². The molecule has 1 aliphatic carbocycles. The summed E-state index contributed by atoms with van der Waals surface area (Å²) in [5.41, 5.74) is -0.519. The normalized spacial score (nSPS) is 22.1. The van der Waals surface area contributed by atoms with Crippen LogP contribution in [-0.4, -0.2) is 14.7 Å². The van der Waals surface area contributed by atoms with Crippen LogP contribution in [-0.2, 0) is 0 Å². The Balaban J connectivity index is 2.56. The summed E-state index contributed by atoms with van der Waals surface area (Å²) in [5, 5.41) is 10.3. The topological polar surface area (TPSA) is 75.1 Å². The second-order valence-electron chi connectivity index (χ2n) is 6.58. The Hall–Kier alpha value is -1.52. The number of aromatic hydroxyl groups is 1. The van der Waals surface area contributed by atoms with Gasteiger partial charge in [0.05, 0.1) is 5.56 Å². The fourth-order valence-electron chi connectivity index (χ4n) is 3.03. The van der Waals surface area contributed by atoms with Crippen LogP contribution in [0.25, 0.3) is 0 Å². The van der Waals surface area contributed by atoms with E-state index < -0.39 is 11.2 Å². The summed E-state index contributed by atoms with van der Waals surface area (Å²) in [6.45, 7) is 7.98. The Bertz CT molecular complexity index is 596. The van der Waals surface area contributed by atoms with Gasteiger partial charge in [-0.3, -0.25) is 14.3 Å². The molecule has 5 nitrogen and oxygen atoms in total. The van der Waals surface area contributed by atoms with Crippen molar-refractivity contribution in [2.45, 2.75) is 58.9 Å². The molecule has 0 spiro atoms. The molecule has 1 heterocycles. The van der Waals surface area contributed by atoms with Gasteiger partial charge >= 0.3 is 5.69 Å². The van der Waals surface area contributed by atoms with Gasteiger partial charge in [-0.25, -0.2) is 4.79 Å². The van der Waals surface area contributed by atoms with Gasteiger partial charge in [-0.05, 0) is 30.6 Å². The molecule has 0 amide bonds. The molecule has 0 aliphatic heterocycles. The van der Waals surface area contributed by atoms with Crippen LogP contribution in [0.5, 0.6) is 5.88 Å². The predicted octanol–water partition coefficient (Wildman–Crippen LogP) is 2.12. The molecule has 1 saturated carbocycles. The minimum absolute atomic E-state index is 0.0307. The van der Waals surface area contributed by atoms with Gasteiger partial charge in [0.1, 0.15) is 0 Å². The minimum atomic E-state index is -0.505. The van der Waals surface area contributed by atoms with E-state index in [0.717, 1.165) is 19.3 Å². The number of aromatic nitrogens is 2. The average Bonchev–Trinajstić information content (AvgIpc) is 2.57. The highest BCUT2D eigenvalue weighted by molar-refractivity contribution is 5.26. The van der Waals surface area contributed by atoms with E-state index in [2.05, 4.69) is 18.8 Å². The molecule has 2 rings (SSSR count). The first-order valence-electron chi connectivity index (χ1n) is 6.80. The zero-order valence-corrected chi connectivity index (χ0v) is 12.0. The van der Waals surface area contributed by atoms with Gasteiger partial charge in [0.15, 0.2) is 0 Å². The molecule has 2 N–H and O–H groups in total. The third-order valence-electron chi connectivity index (χ3n) is 4.04. The van der Waals surface area contributed by atoms with Gasteiger partial charge in [0, 0.05) is 6.04 Å². The Kier molecular flexibility index (Phi) is 3.32. The molecule has 1 fully saturated rings. The van der Waals surface area contributed by atoms with Crippen LogP contribution in [0.4, 0.5) is 0 Å². The number of H-pyrrole nitrogens is 1. The molecule has 1 aromatic rings. The summed E-state index contributed by atoms with van der Waals surface area (Å²) in [6, 6.07) is -0.0307. The van der Waals surface area contributed by atoms with Crippen molar-refractivity contribution in [2.24, 2.45) is 5.41 Å². The number of rotatable bonds is 2. The monoisotopic (exact) mass is 266 g/mol. The molecular formula is C14H22N2O3. The molecule has 1 aromatic heterocycles. The van der Waals surface area contributed by atoms with E-state index in [1.165, 1.54) is 4.57 Å². The Labute approximate surface area is 112 Å². The first-order chi connectivity index (χ1) is 8.73. The SMILES string of the molecule is CC(C)c1c(O)n(C2CCC(C)(C)C2)c(=O)[nH]c1=O. The lowest BCUT2D eigenvalue weighted by Gasteiger charge is -2.20. The Morgan fingerprint density at radius 1 is 1.37 bits per heavy atom. The van der Waals surface area contributed by atoms with E-state index in [4.69, 9.17) is 0 Å². The van der Waals surface area contributed by atoms with Crippen molar-refractivity contribution in [1.82, 2.24) is 9.55 Å². The molecule has 19 heavy (non-hydrogen) atoms. The van der Waals surface area contributed by atoms with Crippen molar-refractivity contribution < 1.29 is 5.11 Å². The van der Waals surface area contributed by atoms with Crippen LogP contribution in [0.2, 0.25) is 0 Å². The van der Waals surface area contributed by atoms with Crippen molar-refractivity contribution in [2.75, 3.05) is 0 Å². The van der Waals surface area contributed by atoms with Crippen molar-refractivity contribution in [3.8, 4) is 5.88 Å². The van der Waals surface area contributed by atoms with Gasteiger partial charge < -0.3 is 5.11 Å². The summed E-state index contributed by atoms with van der Waals surface area (Å²) in [7, 11) is 0. The summed E-state index contributed by atoms with van der Waals surface area (Å²) in [5.74, 6) is -0.281. The van der Waals surface area contributed by atoms with Crippen LogP contribution in [0.15, 0.2) is 9.59 Å². The Morgan fingerprint density at radius 3 is 2.47 bits per heavy atom. The zero-order valence-electron chi connectivity index (χ0n) is 12.0. The third-order valence-corrected chi connectivity index (χ3v) is 4.04.